The molecular formula is C27H46O. The Hall–Kier alpha value is -0.300. The van der Waals surface area contributed by atoms with E-state index in [1.807, 2.05) is 19.4 Å². The Balaban J connectivity index is 1.52. The van der Waals surface area contributed by atoms with Gasteiger partial charge in [-0.2, -0.15) is 0 Å². The van der Waals surface area contributed by atoms with Crippen LogP contribution < -0.4 is 0 Å². The molecule has 1 nitrogen and oxygen atoms in total. The Labute approximate surface area is 174 Å². The van der Waals surface area contributed by atoms with Gasteiger partial charge in [-0.05, 0) is 124 Å². The highest BCUT2D eigenvalue weighted by molar-refractivity contribution is 5.25. The second-order valence-electron chi connectivity index (χ2n) is 12.7. The molecule has 0 saturated heterocycles. The average molecular weight is 387 g/mol. The van der Waals surface area contributed by atoms with Gasteiger partial charge < -0.3 is 5.11 Å². The van der Waals surface area contributed by atoms with Crippen molar-refractivity contribution in [2.45, 2.75) is 111 Å². The molecule has 0 aromatic carbocycles. The molecule has 0 spiro atoms. The first-order valence-electron chi connectivity index (χ1n) is 12.5. The molecule has 0 aliphatic heterocycles. The molecule has 0 radical (unpaired) electrons. The average Bonchev–Trinajstić information content (AvgIpc) is 2.97. The van der Waals surface area contributed by atoms with Gasteiger partial charge in [-0.3, -0.25) is 0 Å². The number of fused-ring (bicyclic) bond motifs is 5. The third-order valence-corrected chi connectivity index (χ3v) is 10.3. The molecule has 160 valence electrons. The van der Waals surface area contributed by atoms with Crippen LogP contribution in [0, 0.1) is 46.3 Å². The van der Waals surface area contributed by atoms with Gasteiger partial charge in [0.05, 0.1) is 5.60 Å². The summed E-state index contributed by atoms with van der Waals surface area (Å²) >= 11 is 0. The molecular weight excluding hydrogens is 340 g/mol. The number of rotatable bonds is 4. The van der Waals surface area contributed by atoms with E-state index in [9.17, 15) is 5.11 Å². The highest BCUT2D eigenvalue weighted by atomic mass is 16.3. The lowest BCUT2D eigenvalue weighted by molar-refractivity contribution is -0.0537. The van der Waals surface area contributed by atoms with Gasteiger partial charge in [0.25, 0.3) is 0 Å². The SMILES string of the molecule is C[C@H]1CC[C@@]2(C)C(=CCC3C2CC[C@@]2(C)C3CC[C@@H]2[C@H](C)CCC(C)(C)O)C1. The predicted molar refractivity (Wildman–Crippen MR) is 119 cm³/mol. The molecule has 1 heteroatoms. The van der Waals surface area contributed by atoms with E-state index in [0.29, 0.717) is 10.8 Å². The van der Waals surface area contributed by atoms with Gasteiger partial charge in [-0.15, -0.1) is 0 Å². The molecule has 3 unspecified atom stereocenters. The molecule has 1 N–H and O–H groups in total. The van der Waals surface area contributed by atoms with Gasteiger partial charge in [-0.1, -0.05) is 39.3 Å². The maximum atomic E-state index is 10.2. The van der Waals surface area contributed by atoms with E-state index in [1.54, 1.807) is 0 Å². The Kier molecular flexibility index (Phi) is 5.34. The summed E-state index contributed by atoms with van der Waals surface area (Å²) in [6.07, 6.45) is 16.3. The third-order valence-electron chi connectivity index (χ3n) is 10.3. The highest BCUT2D eigenvalue weighted by Crippen LogP contribution is 2.67. The summed E-state index contributed by atoms with van der Waals surface area (Å²) in [5, 5.41) is 10.2. The minimum atomic E-state index is -0.512. The largest absolute Gasteiger partial charge is 0.390 e. The summed E-state index contributed by atoms with van der Waals surface area (Å²) < 4.78 is 0. The van der Waals surface area contributed by atoms with E-state index in [4.69, 9.17) is 0 Å². The van der Waals surface area contributed by atoms with Crippen LogP contribution >= 0.6 is 0 Å². The molecule has 28 heavy (non-hydrogen) atoms. The number of aliphatic hydroxyl groups is 1. The van der Waals surface area contributed by atoms with Crippen LogP contribution in [0.15, 0.2) is 11.6 Å². The van der Waals surface area contributed by atoms with Crippen LogP contribution in [0.25, 0.3) is 0 Å². The molecule has 4 rings (SSSR count). The molecule has 0 bridgehead atoms. The lowest BCUT2D eigenvalue weighted by Gasteiger charge is -2.58. The summed E-state index contributed by atoms with van der Waals surface area (Å²) in [5.74, 6) is 5.34. The lowest BCUT2D eigenvalue weighted by Crippen LogP contribution is -2.50. The first-order chi connectivity index (χ1) is 13.0. The van der Waals surface area contributed by atoms with Crippen LogP contribution in [0.4, 0.5) is 0 Å². The van der Waals surface area contributed by atoms with Crippen LogP contribution in [-0.4, -0.2) is 10.7 Å². The Morgan fingerprint density at radius 2 is 1.86 bits per heavy atom. The fourth-order valence-electron chi connectivity index (χ4n) is 8.60. The van der Waals surface area contributed by atoms with Crippen molar-refractivity contribution in [1.29, 1.82) is 0 Å². The van der Waals surface area contributed by atoms with Crippen molar-refractivity contribution in [1.82, 2.24) is 0 Å². The lowest BCUT2D eigenvalue weighted by atomic mass is 9.46. The number of hydrogen-bond donors (Lipinski definition) is 1. The van der Waals surface area contributed by atoms with Gasteiger partial charge in [0.2, 0.25) is 0 Å². The normalized spacial score (nSPS) is 47.0. The van der Waals surface area contributed by atoms with Gasteiger partial charge in [0.1, 0.15) is 0 Å². The fraction of sp³-hybridized carbons (Fsp3) is 0.926. The van der Waals surface area contributed by atoms with E-state index < -0.39 is 5.60 Å². The summed E-state index contributed by atoms with van der Waals surface area (Å²) in [6.45, 7) is 14.2. The van der Waals surface area contributed by atoms with Crippen molar-refractivity contribution in [2.24, 2.45) is 46.3 Å². The molecule has 0 heterocycles. The van der Waals surface area contributed by atoms with E-state index in [-0.39, 0.29) is 0 Å². The minimum absolute atomic E-state index is 0.512. The molecule has 0 aromatic rings. The molecule has 4 aliphatic carbocycles. The first-order valence-corrected chi connectivity index (χ1v) is 12.5. The van der Waals surface area contributed by atoms with Crippen molar-refractivity contribution >= 4 is 0 Å². The van der Waals surface area contributed by atoms with Gasteiger partial charge in [-0.25, -0.2) is 0 Å². The van der Waals surface area contributed by atoms with Crippen LogP contribution in [0.2, 0.25) is 0 Å². The van der Waals surface area contributed by atoms with Crippen LogP contribution in [0.5, 0.6) is 0 Å². The zero-order valence-electron chi connectivity index (χ0n) is 19.6. The molecule has 4 aliphatic rings. The van der Waals surface area contributed by atoms with Crippen molar-refractivity contribution in [2.75, 3.05) is 0 Å². The van der Waals surface area contributed by atoms with Crippen LogP contribution in [0.3, 0.4) is 0 Å². The maximum Gasteiger partial charge on any atom is 0.0591 e. The van der Waals surface area contributed by atoms with Gasteiger partial charge in [0.15, 0.2) is 0 Å². The topological polar surface area (TPSA) is 20.2 Å². The first kappa shape index (κ1) is 21.0. The monoisotopic (exact) mass is 386 g/mol. The Bertz CT molecular complexity index is 612. The zero-order chi connectivity index (χ0) is 20.3. The maximum absolute atomic E-state index is 10.2. The Morgan fingerprint density at radius 1 is 1.11 bits per heavy atom. The van der Waals surface area contributed by atoms with E-state index in [2.05, 4.69) is 33.8 Å². The standard InChI is InChI=1S/C27H46O/c1-18-11-15-26(5)20(17-18)7-8-21-23-10-9-22(19(2)12-14-25(3,4)28)27(23,6)16-13-24(21)26/h7,18-19,21-24,28H,8-17H2,1-6H3/t18-,19+,21?,22+,23?,24?,26-,27+/m0/s1. The van der Waals surface area contributed by atoms with Crippen molar-refractivity contribution in [3.63, 3.8) is 0 Å². The minimum Gasteiger partial charge on any atom is -0.390 e. The quantitative estimate of drug-likeness (QED) is 0.499. The molecule has 8 atom stereocenters. The van der Waals surface area contributed by atoms with Gasteiger partial charge >= 0.3 is 0 Å². The van der Waals surface area contributed by atoms with Crippen LogP contribution in [-0.2, 0) is 0 Å². The van der Waals surface area contributed by atoms with Crippen molar-refractivity contribution < 1.29 is 5.11 Å². The predicted octanol–water partition coefficient (Wildman–Crippen LogP) is 7.39. The van der Waals surface area contributed by atoms with E-state index in [0.717, 1.165) is 41.9 Å². The number of allylic oxidation sites excluding steroid dienone is 2. The highest BCUT2D eigenvalue weighted by Gasteiger charge is 2.58. The third kappa shape index (κ3) is 3.42. The summed E-state index contributed by atoms with van der Waals surface area (Å²) in [7, 11) is 0. The zero-order valence-corrected chi connectivity index (χ0v) is 19.6. The van der Waals surface area contributed by atoms with Crippen molar-refractivity contribution in [3.05, 3.63) is 11.6 Å². The Morgan fingerprint density at radius 3 is 2.57 bits per heavy atom. The second kappa shape index (κ2) is 7.14. The smallest absolute Gasteiger partial charge is 0.0591 e. The van der Waals surface area contributed by atoms with Gasteiger partial charge in [0, 0.05) is 0 Å². The van der Waals surface area contributed by atoms with Crippen molar-refractivity contribution in [3.8, 4) is 0 Å². The molecule has 0 aromatic heterocycles. The molecule has 3 fully saturated rings. The number of hydrogen-bond acceptors (Lipinski definition) is 1. The second-order valence-corrected chi connectivity index (χ2v) is 12.7. The molecule has 0 amide bonds. The summed E-state index contributed by atoms with van der Waals surface area (Å²) in [4.78, 5) is 0. The van der Waals surface area contributed by atoms with E-state index >= 15 is 0 Å². The van der Waals surface area contributed by atoms with Crippen LogP contribution in [0.1, 0.15) is 106 Å². The van der Waals surface area contributed by atoms with E-state index in [1.165, 1.54) is 57.8 Å². The summed E-state index contributed by atoms with van der Waals surface area (Å²) in [6, 6.07) is 0. The molecule has 3 saturated carbocycles. The fourth-order valence-corrected chi connectivity index (χ4v) is 8.60. The summed E-state index contributed by atoms with van der Waals surface area (Å²) in [5.41, 5.74) is 2.39.